The molecule has 0 aromatic carbocycles. The second-order valence-corrected chi connectivity index (χ2v) is 6.84. The summed E-state index contributed by atoms with van der Waals surface area (Å²) in [4.78, 5) is 11.0. The number of ether oxygens (including phenoxy) is 1. The third kappa shape index (κ3) is 13.6. The fourth-order valence-corrected chi connectivity index (χ4v) is 2.43. The average Bonchev–Trinajstić information content (AvgIpc) is 2.34. The molecule has 0 aliphatic carbocycles. The fourth-order valence-electron chi connectivity index (χ4n) is 1.78. The van der Waals surface area contributed by atoms with Crippen LogP contribution in [0.4, 0.5) is 12.3 Å². The van der Waals surface area contributed by atoms with Crippen LogP contribution in [-0.2, 0) is 9.53 Å². The first-order chi connectivity index (χ1) is 9.33. The Labute approximate surface area is 120 Å². The Hall–Kier alpha value is -0.783. The highest BCUT2D eigenvalue weighted by Gasteiger charge is 2.35. The van der Waals surface area contributed by atoms with Crippen molar-refractivity contribution in [3.63, 3.8) is 0 Å². The molecule has 0 fully saturated rings. The molecule has 0 saturated heterocycles. The Morgan fingerprint density at radius 1 is 0.950 bits per heavy atom. The molecule has 20 heavy (non-hydrogen) atoms. The molecule has 2 nitrogen and oxygen atoms in total. The van der Waals surface area contributed by atoms with E-state index in [-0.39, 0.29) is 5.97 Å². The molecule has 0 unspecified atom stereocenters. The van der Waals surface area contributed by atoms with Crippen molar-refractivity contribution < 1.29 is 21.9 Å². The number of hydrogen-bond donors (Lipinski definition) is 0. The van der Waals surface area contributed by atoms with Gasteiger partial charge in [0, 0.05) is 11.6 Å². The van der Waals surface area contributed by atoms with Gasteiger partial charge in [-0.15, -0.1) is 0 Å². The first kappa shape index (κ1) is 19.2. The smallest absolute Gasteiger partial charge is 0.462 e. The number of hydrogen-bond acceptors (Lipinski definition) is 2. The molecule has 6 heteroatoms. The Kier molecular flexibility index (Phi) is 10.5. The van der Waals surface area contributed by atoms with Crippen LogP contribution >= 0.6 is 0 Å². The third-order valence-corrected chi connectivity index (χ3v) is 3.86. The van der Waals surface area contributed by atoms with E-state index >= 15 is 0 Å². The van der Waals surface area contributed by atoms with Gasteiger partial charge in [0.2, 0.25) is 0 Å². The summed E-state index contributed by atoms with van der Waals surface area (Å²) in [6.07, 6.45) is 6.75. The monoisotopic (exact) mass is 310 g/mol. The summed E-state index contributed by atoms with van der Waals surface area (Å²) >= 11 is 0. The SMILES string of the molecule is C=C(C)C(=O)OCCCCCCCCCC[Si](F)(F)F. The van der Waals surface area contributed by atoms with Gasteiger partial charge in [-0.1, -0.05) is 45.1 Å². The van der Waals surface area contributed by atoms with E-state index in [2.05, 4.69) is 6.58 Å². The van der Waals surface area contributed by atoms with Crippen LogP contribution in [0.5, 0.6) is 0 Å². The number of carbonyl (C=O) groups excluding carboxylic acids is 1. The van der Waals surface area contributed by atoms with Gasteiger partial charge < -0.3 is 4.74 Å². The summed E-state index contributed by atoms with van der Waals surface area (Å²) in [7, 11) is -5.31. The molecule has 0 rings (SSSR count). The minimum absolute atomic E-state index is 0.298. The van der Waals surface area contributed by atoms with Crippen LogP contribution in [0.1, 0.15) is 58.3 Å². The molecule has 0 aromatic rings. The number of halogens is 3. The zero-order chi connectivity index (χ0) is 15.4. The molecule has 0 aromatic heterocycles. The minimum Gasteiger partial charge on any atom is -0.462 e. The van der Waals surface area contributed by atoms with Crippen LogP contribution in [0.2, 0.25) is 6.04 Å². The molecule has 0 aliphatic rings. The number of rotatable bonds is 12. The maximum atomic E-state index is 12.0. The quantitative estimate of drug-likeness (QED) is 0.165. The average molecular weight is 310 g/mol. The summed E-state index contributed by atoms with van der Waals surface area (Å²) in [5.74, 6) is -0.349. The largest absolute Gasteiger partial charge is 0.616 e. The Morgan fingerprint density at radius 2 is 1.40 bits per heavy atom. The van der Waals surface area contributed by atoms with Crippen LogP contribution in [0.15, 0.2) is 12.2 Å². The molecular weight excluding hydrogens is 285 g/mol. The van der Waals surface area contributed by atoms with E-state index in [0.717, 1.165) is 38.5 Å². The highest BCUT2D eigenvalue weighted by atomic mass is 28.5. The molecule has 0 saturated carbocycles. The predicted octanol–water partition coefficient (Wildman–Crippen LogP) is 5.07. The lowest BCUT2D eigenvalue weighted by molar-refractivity contribution is -0.139. The summed E-state index contributed by atoms with van der Waals surface area (Å²) in [5, 5.41) is 0. The van der Waals surface area contributed by atoms with Crippen molar-refractivity contribution in [2.75, 3.05) is 6.61 Å². The maximum Gasteiger partial charge on any atom is 0.616 e. The van der Waals surface area contributed by atoms with Gasteiger partial charge in [-0.25, -0.2) is 17.1 Å². The van der Waals surface area contributed by atoms with Crippen molar-refractivity contribution in [1.29, 1.82) is 0 Å². The van der Waals surface area contributed by atoms with E-state index in [0.29, 0.717) is 25.0 Å². The predicted molar refractivity (Wildman–Crippen MR) is 76.6 cm³/mol. The van der Waals surface area contributed by atoms with Crippen LogP contribution in [0.3, 0.4) is 0 Å². The Morgan fingerprint density at radius 3 is 1.85 bits per heavy atom. The summed E-state index contributed by atoms with van der Waals surface area (Å²) < 4.78 is 41.0. The van der Waals surface area contributed by atoms with E-state index in [9.17, 15) is 17.1 Å². The molecule has 0 bridgehead atoms. The fraction of sp³-hybridized carbons (Fsp3) is 0.786. The molecule has 0 atom stereocenters. The minimum atomic E-state index is -5.31. The zero-order valence-corrected chi connectivity index (χ0v) is 13.2. The second-order valence-electron chi connectivity index (χ2n) is 5.11. The van der Waals surface area contributed by atoms with Gasteiger partial charge in [0.15, 0.2) is 0 Å². The maximum absolute atomic E-state index is 12.0. The first-order valence-electron chi connectivity index (χ1n) is 7.22. The molecule has 0 spiro atoms. The van der Waals surface area contributed by atoms with Crippen molar-refractivity contribution in [1.82, 2.24) is 0 Å². The van der Waals surface area contributed by atoms with Crippen molar-refractivity contribution in [3.05, 3.63) is 12.2 Å². The lowest BCUT2D eigenvalue weighted by Crippen LogP contribution is -2.13. The van der Waals surface area contributed by atoms with Crippen molar-refractivity contribution in [2.24, 2.45) is 0 Å². The van der Waals surface area contributed by atoms with Gasteiger partial charge in [0.05, 0.1) is 6.61 Å². The number of unbranched alkanes of at least 4 members (excludes halogenated alkanes) is 7. The van der Waals surface area contributed by atoms with Crippen LogP contribution in [0, 0.1) is 0 Å². The summed E-state index contributed by atoms with van der Waals surface area (Å²) in [6, 6.07) is -0.527. The summed E-state index contributed by atoms with van der Waals surface area (Å²) in [5.41, 5.74) is 0.409. The van der Waals surface area contributed by atoms with Gasteiger partial charge in [0.25, 0.3) is 0 Å². The normalized spacial score (nSPS) is 11.4. The molecular formula is C14H25F3O2Si. The van der Waals surface area contributed by atoms with E-state index < -0.39 is 15.1 Å². The molecule has 0 amide bonds. The second kappa shape index (κ2) is 10.9. The Balaban J connectivity index is 3.18. The molecule has 118 valence electrons. The van der Waals surface area contributed by atoms with E-state index in [4.69, 9.17) is 4.74 Å². The van der Waals surface area contributed by atoms with Crippen LogP contribution in [0.25, 0.3) is 0 Å². The number of esters is 1. The zero-order valence-electron chi connectivity index (χ0n) is 12.2. The highest BCUT2D eigenvalue weighted by molar-refractivity contribution is 6.58. The van der Waals surface area contributed by atoms with Gasteiger partial charge in [-0.3, -0.25) is 0 Å². The first-order valence-corrected chi connectivity index (χ1v) is 9.06. The lowest BCUT2D eigenvalue weighted by atomic mass is 10.1. The van der Waals surface area contributed by atoms with Crippen LogP contribution in [-0.4, -0.2) is 21.7 Å². The molecule has 0 radical (unpaired) electrons. The third-order valence-electron chi connectivity index (χ3n) is 2.94. The van der Waals surface area contributed by atoms with Crippen molar-refractivity contribution in [3.8, 4) is 0 Å². The number of carbonyl (C=O) groups is 1. The van der Waals surface area contributed by atoms with Gasteiger partial charge >= 0.3 is 15.0 Å². The Bertz CT molecular complexity index is 291. The van der Waals surface area contributed by atoms with Crippen molar-refractivity contribution >= 4 is 15.0 Å². The van der Waals surface area contributed by atoms with E-state index in [1.165, 1.54) is 0 Å². The highest BCUT2D eigenvalue weighted by Crippen LogP contribution is 2.19. The van der Waals surface area contributed by atoms with Gasteiger partial charge in [-0.05, 0) is 19.8 Å². The molecule has 0 N–H and O–H groups in total. The van der Waals surface area contributed by atoms with E-state index in [1.807, 2.05) is 0 Å². The molecule has 0 aliphatic heterocycles. The van der Waals surface area contributed by atoms with Gasteiger partial charge in [-0.2, -0.15) is 0 Å². The lowest BCUT2D eigenvalue weighted by Gasteiger charge is -2.05. The standard InChI is InChI=1S/C14H25F3O2Si/c1-13(2)14(18)19-11-9-7-5-3-4-6-8-10-12-20(15,16)17/h1,3-12H2,2H3. The van der Waals surface area contributed by atoms with E-state index in [1.54, 1.807) is 6.92 Å². The van der Waals surface area contributed by atoms with Crippen molar-refractivity contribution in [2.45, 2.75) is 64.3 Å². The topological polar surface area (TPSA) is 26.3 Å². The van der Waals surface area contributed by atoms with Gasteiger partial charge in [0.1, 0.15) is 0 Å². The summed E-state index contributed by atoms with van der Waals surface area (Å²) in [6.45, 7) is 5.52. The van der Waals surface area contributed by atoms with Crippen LogP contribution < -0.4 is 0 Å². The molecule has 0 heterocycles.